The molecule has 3 heterocycles. The van der Waals surface area contributed by atoms with Crippen molar-refractivity contribution in [2.45, 2.75) is 25.2 Å². The summed E-state index contributed by atoms with van der Waals surface area (Å²) in [7, 11) is 0. The first-order valence-corrected chi connectivity index (χ1v) is 14.0. The Morgan fingerprint density at radius 1 is 1.00 bits per heavy atom. The normalized spacial score (nSPS) is 16.3. The van der Waals surface area contributed by atoms with Crippen LogP contribution in [0.1, 0.15) is 16.8 Å². The molecule has 0 unspecified atom stereocenters. The molecule has 6 rings (SSSR count). The number of nitrogens with zero attached hydrogens (tertiary/aromatic N) is 4. The molecule has 1 aliphatic heterocycles. The van der Waals surface area contributed by atoms with Crippen LogP contribution >= 0.6 is 11.6 Å². The van der Waals surface area contributed by atoms with Crippen molar-refractivity contribution in [1.82, 2.24) is 19.4 Å². The van der Waals surface area contributed by atoms with Gasteiger partial charge in [0.05, 0.1) is 17.8 Å². The number of halogens is 3. The number of hydrogen-bond donors (Lipinski definition) is 2. The van der Waals surface area contributed by atoms with Gasteiger partial charge < -0.3 is 20.5 Å². The zero-order valence-electron chi connectivity index (χ0n) is 23.1. The molecule has 2 aromatic heterocycles. The van der Waals surface area contributed by atoms with Crippen molar-refractivity contribution in [3.63, 3.8) is 0 Å². The summed E-state index contributed by atoms with van der Waals surface area (Å²) in [5.41, 5.74) is 8.36. The van der Waals surface area contributed by atoms with Crippen LogP contribution in [-0.2, 0) is 16.1 Å². The second kappa shape index (κ2) is 11.8. The van der Waals surface area contributed by atoms with Crippen molar-refractivity contribution in [2.24, 2.45) is 5.73 Å². The van der Waals surface area contributed by atoms with Crippen LogP contribution in [0.25, 0.3) is 33.2 Å². The predicted molar refractivity (Wildman–Crippen MR) is 162 cm³/mol. The molecular weight excluding hydrogens is 590 g/mol. The van der Waals surface area contributed by atoms with E-state index in [1.54, 1.807) is 60.9 Å². The van der Waals surface area contributed by atoms with E-state index in [0.717, 1.165) is 16.0 Å². The summed E-state index contributed by atoms with van der Waals surface area (Å²) in [5.74, 6) is -2.67. The average molecular weight is 615 g/mol. The van der Waals surface area contributed by atoms with Crippen molar-refractivity contribution < 1.29 is 23.2 Å². The molecule has 1 fully saturated rings. The minimum Gasteiger partial charge on any atom is -0.366 e. The van der Waals surface area contributed by atoms with E-state index in [4.69, 9.17) is 17.3 Å². The predicted octanol–water partition coefficient (Wildman–Crippen LogP) is 5.23. The number of carbonyl (C=O) groups excluding carboxylic acids is 3. The standard InChI is InChI=1S/C32H25ClF2N6O3/c33-25-6-2-1-4-21(25)22-5-3-7-26(30(22)35)39-32(44)28-11-20(34)14-41(28)29(42)16-40-15-24(31(36)43)23-10-18(8-9-27(23)40)19-12-37-17-38-13-19/h1-10,12-13,15,17,20,28H,11,14,16H2,(H2,36,43)(H,39,44)/t20-,28+/m1/s1. The van der Waals surface area contributed by atoms with Crippen LogP contribution in [0.15, 0.2) is 85.6 Å². The zero-order valence-corrected chi connectivity index (χ0v) is 23.8. The Morgan fingerprint density at radius 2 is 1.75 bits per heavy atom. The summed E-state index contributed by atoms with van der Waals surface area (Å²) < 4.78 is 31.7. The van der Waals surface area contributed by atoms with Gasteiger partial charge in [0.15, 0.2) is 5.82 Å². The topological polar surface area (TPSA) is 123 Å². The number of anilines is 1. The quantitative estimate of drug-likeness (QED) is 0.260. The lowest BCUT2D eigenvalue weighted by Gasteiger charge is -2.24. The molecule has 3 amide bonds. The van der Waals surface area contributed by atoms with Crippen LogP contribution in [-0.4, -0.2) is 55.9 Å². The van der Waals surface area contributed by atoms with Gasteiger partial charge in [-0.1, -0.05) is 48.0 Å². The lowest BCUT2D eigenvalue weighted by Crippen LogP contribution is -2.44. The molecule has 1 saturated heterocycles. The van der Waals surface area contributed by atoms with Crippen LogP contribution < -0.4 is 11.1 Å². The Labute approximate surface area is 255 Å². The Morgan fingerprint density at radius 3 is 2.50 bits per heavy atom. The Hall–Kier alpha value is -5.16. The second-order valence-corrected chi connectivity index (χ2v) is 10.8. The van der Waals surface area contributed by atoms with Gasteiger partial charge in [-0.25, -0.2) is 18.7 Å². The van der Waals surface area contributed by atoms with Gasteiger partial charge in [-0.15, -0.1) is 0 Å². The third kappa shape index (κ3) is 5.49. The molecule has 0 radical (unpaired) electrons. The fourth-order valence-corrected chi connectivity index (χ4v) is 5.77. The number of nitrogens with two attached hydrogens (primary N) is 1. The highest BCUT2D eigenvalue weighted by Crippen LogP contribution is 2.33. The van der Waals surface area contributed by atoms with Gasteiger partial charge in [-0.2, -0.15) is 0 Å². The number of rotatable bonds is 7. The Balaban J connectivity index is 1.25. The molecule has 9 nitrogen and oxygen atoms in total. The molecule has 1 aliphatic rings. The molecule has 12 heteroatoms. The third-order valence-electron chi connectivity index (χ3n) is 7.64. The number of benzene rings is 3. The van der Waals surface area contributed by atoms with Crippen molar-refractivity contribution in [3.05, 3.63) is 102 Å². The van der Waals surface area contributed by atoms with Crippen molar-refractivity contribution in [1.29, 1.82) is 0 Å². The molecule has 0 aliphatic carbocycles. The van der Waals surface area contributed by atoms with Gasteiger partial charge in [0, 0.05) is 57.6 Å². The highest BCUT2D eigenvalue weighted by atomic mass is 35.5. The van der Waals surface area contributed by atoms with Crippen molar-refractivity contribution in [2.75, 3.05) is 11.9 Å². The average Bonchev–Trinajstić information content (AvgIpc) is 3.59. The van der Waals surface area contributed by atoms with E-state index in [1.165, 1.54) is 29.2 Å². The number of hydrogen-bond acceptors (Lipinski definition) is 5. The minimum absolute atomic E-state index is 0.121. The van der Waals surface area contributed by atoms with Crippen LogP contribution in [0.4, 0.5) is 14.5 Å². The number of amides is 3. The monoisotopic (exact) mass is 614 g/mol. The van der Waals surface area contributed by atoms with E-state index in [9.17, 15) is 18.8 Å². The molecule has 0 bridgehead atoms. The summed E-state index contributed by atoms with van der Waals surface area (Å²) >= 11 is 6.25. The van der Waals surface area contributed by atoms with Gasteiger partial charge in [0.2, 0.25) is 11.8 Å². The van der Waals surface area contributed by atoms with E-state index in [-0.39, 0.29) is 36.3 Å². The molecule has 0 spiro atoms. The number of nitrogens with one attached hydrogen (secondary N) is 1. The number of aromatic nitrogens is 3. The molecular formula is C32H25ClF2N6O3. The maximum absolute atomic E-state index is 15.5. The molecule has 0 saturated carbocycles. The fourth-order valence-electron chi connectivity index (χ4n) is 5.53. The van der Waals surface area contributed by atoms with E-state index in [0.29, 0.717) is 21.5 Å². The van der Waals surface area contributed by atoms with Gasteiger partial charge in [0.25, 0.3) is 5.91 Å². The van der Waals surface area contributed by atoms with Crippen molar-refractivity contribution in [3.8, 4) is 22.3 Å². The van der Waals surface area contributed by atoms with E-state index >= 15 is 4.39 Å². The van der Waals surface area contributed by atoms with E-state index in [1.807, 2.05) is 0 Å². The van der Waals surface area contributed by atoms with Gasteiger partial charge in [-0.3, -0.25) is 14.4 Å². The summed E-state index contributed by atoms with van der Waals surface area (Å²) in [6.07, 6.45) is 4.43. The van der Waals surface area contributed by atoms with E-state index < -0.39 is 35.8 Å². The van der Waals surface area contributed by atoms with Crippen LogP contribution in [0.5, 0.6) is 0 Å². The summed E-state index contributed by atoms with van der Waals surface area (Å²) in [6.45, 7) is -0.594. The summed E-state index contributed by atoms with van der Waals surface area (Å²) in [4.78, 5) is 48.3. The lowest BCUT2D eigenvalue weighted by atomic mass is 10.0. The SMILES string of the molecule is NC(=O)c1cn(CC(=O)N2C[C@H](F)C[C@H]2C(=O)Nc2cccc(-c3ccccc3Cl)c2F)c2ccc(-c3cncnc3)cc12. The number of alkyl halides is 1. The van der Waals surface area contributed by atoms with Crippen LogP contribution in [0.3, 0.4) is 0 Å². The van der Waals surface area contributed by atoms with Gasteiger partial charge in [0.1, 0.15) is 25.1 Å². The zero-order chi connectivity index (χ0) is 31.0. The second-order valence-electron chi connectivity index (χ2n) is 10.4. The number of carbonyl (C=O) groups is 3. The Kier molecular flexibility index (Phi) is 7.79. The lowest BCUT2D eigenvalue weighted by molar-refractivity contribution is -0.137. The number of likely N-dealkylation sites (tertiary alicyclic amines) is 1. The molecule has 5 aromatic rings. The largest absolute Gasteiger partial charge is 0.366 e. The smallest absolute Gasteiger partial charge is 0.250 e. The summed E-state index contributed by atoms with van der Waals surface area (Å²) in [6, 6.07) is 15.3. The highest BCUT2D eigenvalue weighted by molar-refractivity contribution is 6.33. The third-order valence-corrected chi connectivity index (χ3v) is 7.97. The molecule has 2 atom stereocenters. The first-order chi connectivity index (χ1) is 21.2. The fraction of sp³-hybridized carbons (Fsp3) is 0.156. The molecule has 44 heavy (non-hydrogen) atoms. The van der Waals surface area contributed by atoms with Gasteiger partial charge >= 0.3 is 0 Å². The number of fused-ring (bicyclic) bond motifs is 1. The first-order valence-electron chi connectivity index (χ1n) is 13.7. The maximum atomic E-state index is 15.5. The van der Waals surface area contributed by atoms with Crippen molar-refractivity contribution >= 4 is 45.9 Å². The number of primary amides is 1. The molecule has 222 valence electrons. The van der Waals surface area contributed by atoms with E-state index in [2.05, 4.69) is 15.3 Å². The maximum Gasteiger partial charge on any atom is 0.250 e. The van der Waals surface area contributed by atoms with Gasteiger partial charge in [-0.05, 0) is 29.8 Å². The molecule has 3 N–H and O–H groups in total. The minimum atomic E-state index is -1.45. The highest BCUT2D eigenvalue weighted by Gasteiger charge is 2.40. The Bertz CT molecular complexity index is 1920. The first kappa shape index (κ1) is 28.9. The molecule has 3 aromatic carbocycles. The van der Waals surface area contributed by atoms with Crippen LogP contribution in [0.2, 0.25) is 5.02 Å². The summed E-state index contributed by atoms with van der Waals surface area (Å²) in [5, 5.41) is 3.38. The van der Waals surface area contributed by atoms with Crippen LogP contribution in [0, 0.1) is 5.82 Å².